The van der Waals surface area contributed by atoms with Crippen LogP contribution in [0.25, 0.3) is 22.3 Å². The minimum atomic E-state index is -0.664. The molecule has 144 valence electrons. The topological polar surface area (TPSA) is 60.7 Å². The van der Waals surface area contributed by atoms with Crippen LogP contribution in [0.15, 0.2) is 54.6 Å². The lowest BCUT2D eigenvalue weighted by Gasteiger charge is -2.13. The molecule has 0 radical (unpaired) electrons. The lowest BCUT2D eigenvalue weighted by Crippen LogP contribution is -1.94. The molecule has 0 amide bonds. The molecule has 3 aromatic carbocycles. The second-order valence-corrected chi connectivity index (χ2v) is 7.30. The zero-order valence-electron chi connectivity index (χ0n) is 15.5. The smallest absolute Gasteiger partial charge is 0.131 e. The van der Waals surface area contributed by atoms with Gasteiger partial charge in [-0.15, -0.1) is 0 Å². The van der Waals surface area contributed by atoms with Crippen LogP contribution < -0.4 is 0 Å². The minimum absolute atomic E-state index is 0.0992. The number of benzene rings is 3. The molecule has 3 nitrogen and oxygen atoms in total. The second-order valence-electron chi connectivity index (χ2n) is 7.30. The number of aryl methyl sites for hydroxylation is 1. The van der Waals surface area contributed by atoms with Gasteiger partial charge in [-0.25, -0.2) is 4.39 Å². The fraction of sp³-hybridized carbons (Fsp3) is 0.250. The maximum Gasteiger partial charge on any atom is 0.131 e. The molecule has 4 heteroatoms. The summed E-state index contributed by atoms with van der Waals surface area (Å²) in [6.45, 7) is 0.163. The summed E-state index contributed by atoms with van der Waals surface area (Å²) in [7, 11) is 0. The Bertz CT molecular complexity index is 995. The molecule has 0 heterocycles. The van der Waals surface area contributed by atoms with E-state index in [-0.39, 0.29) is 18.2 Å². The zero-order valence-corrected chi connectivity index (χ0v) is 15.5. The van der Waals surface area contributed by atoms with Gasteiger partial charge < -0.3 is 15.3 Å². The van der Waals surface area contributed by atoms with E-state index in [9.17, 15) is 14.6 Å². The molecule has 0 spiro atoms. The van der Waals surface area contributed by atoms with Crippen LogP contribution >= 0.6 is 0 Å². The number of aliphatic hydroxyl groups is 2. The SMILES string of the molecule is OCCCc1ccc(-c2ccc(-c3ccc(O)c4c3CCC4O)cc2F)cc1. The van der Waals surface area contributed by atoms with E-state index in [0.717, 1.165) is 34.2 Å². The first-order chi connectivity index (χ1) is 13.6. The highest BCUT2D eigenvalue weighted by Gasteiger charge is 2.26. The van der Waals surface area contributed by atoms with Gasteiger partial charge in [-0.2, -0.15) is 0 Å². The summed E-state index contributed by atoms with van der Waals surface area (Å²) in [4.78, 5) is 0. The van der Waals surface area contributed by atoms with E-state index in [2.05, 4.69) is 0 Å². The summed E-state index contributed by atoms with van der Waals surface area (Å²) in [5, 5.41) is 29.1. The van der Waals surface area contributed by atoms with Crippen molar-refractivity contribution in [3.8, 4) is 28.0 Å². The fourth-order valence-corrected chi connectivity index (χ4v) is 4.04. The maximum atomic E-state index is 14.9. The molecule has 3 aromatic rings. The van der Waals surface area contributed by atoms with Gasteiger partial charge in [0.05, 0.1) is 6.10 Å². The summed E-state index contributed by atoms with van der Waals surface area (Å²) >= 11 is 0. The van der Waals surface area contributed by atoms with Gasteiger partial charge in [-0.05, 0) is 65.6 Å². The van der Waals surface area contributed by atoms with Crippen LogP contribution in [0.2, 0.25) is 0 Å². The number of hydrogen-bond donors (Lipinski definition) is 3. The average molecular weight is 378 g/mol. The van der Waals surface area contributed by atoms with Gasteiger partial charge >= 0.3 is 0 Å². The summed E-state index contributed by atoms with van der Waals surface area (Å²) in [6.07, 6.45) is 2.09. The highest BCUT2D eigenvalue weighted by molar-refractivity contribution is 5.75. The van der Waals surface area contributed by atoms with Gasteiger partial charge in [0.1, 0.15) is 11.6 Å². The van der Waals surface area contributed by atoms with Crippen molar-refractivity contribution in [2.24, 2.45) is 0 Å². The normalized spacial score (nSPS) is 15.6. The van der Waals surface area contributed by atoms with Gasteiger partial charge in [0.2, 0.25) is 0 Å². The van der Waals surface area contributed by atoms with Crippen LogP contribution in [0, 0.1) is 5.82 Å². The largest absolute Gasteiger partial charge is 0.508 e. The molecule has 0 saturated heterocycles. The Kier molecular flexibility index (Phi) is 5.16. The molecular formula is C24H23FO3. The van der Waals surface area contributed by atoms with Crippen molar-refractivity contribution in [3.05, 3.63) is 77.1 Å². The summed E-state index contributed by atoms with van der Waals surface area (Å²) in [6, 6.07) is 16.3. The quantitative estimate of drug-likeness (QED) is 0.599. The van der Waals surface area contributed by atoms with Gasteiger partial charge in [0.25, 0.3) is 0 Å². The van der Waals surface area contributed by atoms with Crippen LogP contribution in [0.3, 0.4) is 0 Å². The predicted octanol–water partition coefficient (Wildman–Crippen LogP) is 4.77. The Hall–Kier alpha value is -2.69. The fourth-order valence-electron chi connectivity index (χ4n) is 4.04. The molecule has 0 saturated carbocycles. The molecular weight excluding hydrogens is 355 g/mol. The molecule has 0 fully saturated rings. The standard InChI is InChI=1S/C24H23FO3/c25-21-14-17(18-9-11-22(27)24-20(18)10-12-23(24)28)7-8-19(21)16-5-3-15(4-6-16)2-1-13-26/h3-9,11,14,23,26-28H,1-2,10,12-13H2. The second kappa shape index (κ2) is 7.74. The van der Waals surface area contributed by atoms with Crippen molar-refractivity contribution in [3.63, 3.8) is 0 Å². The zero-order chi connectivity index (χ0) is 19.7. The average Bonchev–Trinajstić information content (AvgIpc) is 3.10. The number of fused-ring (bicyclic) bond motifs is 1. The number of rotatable bonds is 5. The van der Waals surface area contributed by atoms with Crippen LogP contribution in [-0.4, -0.2) is 21.9 Å². The van der Waals surface area contributed by atoms with E-state index in [4.69, 9.17) is 5.11 Å². The van der Waals surface area contributed by atoms with Gasteiger partial charge in [-0.1, -0.05) is 42.5 Å². The van der Waals surface area contributed by atoms with Crippen LogP contribution in [0.5, 0.6) is 5.75 Å². The monoisotopic (exact) mass is 378 g/mol. The van der Waals surface area contributed by atoms with Crippen LogP contribution in [-0.2, 0) is 12.8 Å². The van der Waals surface area contributed by atoms with E-state index in [1.165, 1.54) is 6.07 Å². The third-order valence-electron chi connectivity index (χ3n) is 5.50. The van der Waals surface area contributed by atoms with Crippen molar-refractivity contribution in [1.82, 2.24) is 0 Å². The lowest BCUT2D eigenvalue weighted by molar-refractivity contribution is 0.176. The Labute approximate surface area is 163 Å². The lowest BCUT2D eigenvalue weighted by atomic mass is 9.94. The van der Waals surface area contributed by atoms with Crippen molar-refractivity contribution in [1.29, 1.82) is 0 Å². The number of phenolic OH excluding ortho intramolecular Hbond substituents is 1. The Balaban J connectivity index is 1.66. The molecule has 1 unspecified atom stereocenters. The number of phenols is 1. The number of aliphatic hydroxyl groups excluding tert-OH is 2. The summed E-state index contributed by atoms with van der Waals surface area (Å²) in [5.41, 5.74) is 5.53. The van der Waals surface area contributed by atoms with Crippen LogP contribution in [0.4, 0.5) is 4.39 Å². The third kappa shape index (κ3) is 3.41. The van der Waals surface area contributed by atoms with E-state index < -0.39 is 6.10 Å². The molecule has 28 heavy (non-hydrogen) atoms. The minimum Gasteiger partial charge on any atom is -0.508 e. The van der Waals surface area contributed by atoms with E-state index in [1.807, 2.05) is 30.3 Å². The van der Waals surface area contributed by atoms with Gasteiger partial charge in [0, 0.05) is 17.7 Å². The number of aromatic hydroxyl groups is 1. The van der Waals surface area contributed by atoms with Crippen LogP contribution in [0.1, 0.15) is 35.6 Å². The van der Waals surface area contributed by atoms with Crippen molar-refractivity contribution < 1.29 is 19.7 Å². The maximum absolute atomic E-state index is 14.9. The highest BCUT2D eigenvalue weighted by atomic mass is 19.1. The van der Waals surface area contributed by atoms with E-state index >= 15 is 0 Å². The number of halogens is 1. The Morgan fingerprint density at radius 1 is 0.929 bits per heavy atom. The van der Waals surface area contributed by atoms with Crippen molar-refractivity contribution in [2.45, 2.75) is 31.8 Å². The van der Waals surface area contributed by atoms with E-state index in [1.54, 1.807) is 18.2 Å². The summed E-state index contributed by atoms with van der Waals surface area (Å²) in [5.74, 6) is -0.205. The molecule has 1 atom stereocenters. The molecule has 3 N–H and O–H groups in total. The van der Waals surface area contributed by atoms with Crippen molar-refractivity contribution >= 4 is 0 Å². The first-order valence-electron chi connectivity index (χ1n) is 9.61. The number of hydrogen-bond acceptors (Lipinski definition) is 3. The summed E-state index contributed by atoms with van der Waals surface area (Å²) < 4.78 is 14.9. The van der Waals surface area contributed by atoms with Gasteiger partial charge in [-0.3, -0.25) is 0 Å². The Morgan fingerprint density at radius 3 is 2.36 bits per heavy atom. The first kappa shape index (κ1) is 18.7. The molecule has 0 aromatic heterocycles. The first-order valence-corrected chi connectivity index (χ1v) is 9.61. The van der Waals surface area contributed by atoms with Crippen molar-refractivity contribution in [2.75, 3.05) is 6.61 Å². The highest BCUT2D eigenvalue weighted by Crippen LogP contribution is 2.43. The van der Waals surface area contributed by atoms with E-state index in [0.29, 0.717) is 30.4 Å². The van der Waals surface area contributed by atoms with Gasteiger partial charge in [0.15, 0.2) is 0 Å². The predicted molar refractivity (Wildman–Crippen MR) is 108 cm³/mol. The molecule has 1 aliphatic rings. The molecule has 0 aliphatic heterocycles. The molecule has 4 rings (SSSR count). The Morgan fingerprint density at radius 2 is 1.64 bits per heavy atom. The molecule has 0 bridgehead atoms. The third-order valence-corrected chi connectivity index (χ3v) is 5.50. The molecule has 1 aliphatic carbocycles.